The van der Waals surface area contributed by atoms with Gasteiger partial charge in [0.25, 0.3) is 0 Å². The molecule has 0 unspecified atom stereocenters. The summed E-state index contributed by atoms with van der Waals surface area (Å²) in [5, 5.41) is 3.17. The third-order valence-corrected chi connectivity index (χ3v) is 3.06. The van der Waals surface area contributed by atoms with Crippen molar-refractivity contribution in [2.75, 3.05) is 12.4 Å². The molecule has 0 aliphatic heterocycles. The fraction of sp³-hybridized carbons (Fsp3) is 0.118. The van der Waals surface area contributed by atoms with Crippen molar-refractivity contribution in [2.45, 2.75) is 6.04 Å². The summed E-state index contributed by atoms with van der Waals surface area (Å²) in [4.78, 5) is 11.7. The van der Waals surface area contributed by atoms with Crippen LogP contribution in [0.5, 0.6) is 0 Å². The van der Waals surface area contributed by atoms with Crippen molar-refractivity contribution < 1.29 is 13.9 Å². The molecule has 0 amide bonds. The van der Waals surface area contributed by atoms with Gasteiger partial charge < -0.3 is 10.1 Å². The maximum atomic E-state index is 13.4. The van der Waals surface area contributed by atoms with Crippen molar-refractivity contribution in [1.82, 2.24) is 0 Å². The second-order valence-corrected chi connectivity index (χ2v) is 4.52. The van der Waals surface area contributed by atoms with E-state index in [0.717, 1.165) is 5.69 Å². The van der Waals surface area contributed by atoms with Crippen LogP contribution in [-0.2, 0) is 9.53 Å². The highest BCUT2D eigenvalue weighted by atomic mass is 19.1. The third-order valence-electron chi connectivity index (χ3n) is 3.06. The summed E-state index contributed by atoms with van der Waals surface area (Å²) in [5.74, 6) is -0.905. The molecule has 0 saturated heterocycles. The molecule has 0 spiro atoms. The standard InChI is InChI=1S/C17H16FNO2/c1-12(17(20)21-2)16(13-7-6-8-14(18)11-13)19-15-9-4-3-5-10-15/h3-11,16,19H,1H2,2H3/t16-/m0/s1. The van der Waals surface area contributed by atoms with Gasteiger partial charge in [0.05, 0.1) is 18.7 Å². The minimum Gasteiger partial charge on any atom is -0.466 e. The summed E-state index contributed by atoms with van der Waals surface area (Å²) in [5.41, 5.74) is 1.62. The van der Waals surface area contributed by atoms with Crippen LogP contribution in [-0.4, -0.2) is 13.1 Å². The van der Waals surface area contributed by atoms with Gasteiger partial charge in [-0.05, 0) is 29.8 Å². The van der Waals surface area contributed by atoms with Gasteiger partial charge in [-0.3, -0.25) is 0 Å². The number of hydrogen-bond donors (Lipinski definition) is 1. The number of esters is 1. The van der Waals surface area contributed by atoms with E-state index in [9.17, 15) is 9.18 Å². The van der Waals surface area contributed by atoms with Gasteiger partial charge in [0.2, 0.25) is 0 Å². The second-order valence-electron chi connectivity index (χ2n) is 4.52. The molecule has 108 valence electrons. The van der Waals surface area contributed by atoms with Crippen molar-refractivity contribution in [1.29, 1.82) is 0 Å². The topological polar surface area (TPSA) is 38.3 Å². The molecule has 3 nitrogen and oxygen atoms in total. The normalized spacial score (nSPS) is 11.5. The molecule has 2 rings (SSSR count). The lowest BCUT2D eigenvalue weighted by molar-refractivity contribution is -0.136. The summed E-state index contributed by atoms with van der Waals surface area (Å²) in [6, 6.07) is 14.8. The summed E-state index contributed by atoms with van der Waals surface area (Å²) in [6.45, 7) is 3.77. The molecular weight excluding hydrogens is 269 g/mol. The molecule has 0 aliphatic rings. The number of carbonyl (C=O) groups excluding carboxylic acids is 1. The molecule has 1 atom stereocenters. The van der Waals surface area contributed by atoms with E-state index >= 15 is 0 Å². The Hall–Kier alpha value is -2.62. The Kier molecular flexibility index (Phi) is 4.72. The number of halogens is 1. The molecule has 1 N–H and O–H groups in total. The van der Waals surface area contributed by atoms with Gasteiger partial charge in [-0.1, -0.05) is 36.9 Å². The van der Waals surface area contributed by atoms with E-state index < -0.39 is 12.0 Å². The lowest BCUT2D eigenvalue weighted by Gasteiger charge is -2.21. The molecular formula is C17H16FNO2. The first-order chi connectivity index (χ1) is 10.1. The lowest BCUT2D eigenvalue weighted by Crippen LogP contribution is -2.19. The fourth-order valence-corrected chi connectivity index (χ4v) is 2.01. The highest BCUT2D eigenvalue weighted by molar-refractivity contribution is 5.90. The van der Waals surface area contributed by atoms with E-state index in [2.05, 4.69) is 11.9 Å². The number of carbonyl (C=O) groups is 1. The number of benzene rings is 2. The Morgan fingerprint density at radius 3 is 2.52 bits per heavy atom. The Bertz CT molecular complexity index is 640. The van der Waals surface area contributed by atoms with Crippen LogP contribution < -0.4 is 5.32 Å². The van der Waals surface area contributed by atoms with Crippen molar-refractivity contribution >= 4 is 11.7 Å². The van der Waals surface area contributed by atoms with Crippen LogP contribution in [0.25, 0.3) is 0 Å². The van der Waals surface area contributed by atoms with Crippen LogP contribution in [0.4, 0.5) is 10.1 Å². The highest BCUT2D eigenvalue weighted by Crippen LogP contribution is 2.26. The van der Waals surface area contributed by atoms with Crippen LogP contribution in [0.2, 0.25) is 0 Å². The predicted molar refractivity (Wildman–Crippen MR) is 80.4 cm³/mol. The van der Waals surface area contributed by atoms with Gasteiger partial charge in [0, 0.05) is 5.69 Å². The third kappa shape index (κ3) is 3.69. The average molecular weight is 285 g/mol. The minimum absolute atomic E-state index is 0.215. The number of anilines is 1. The molecule has 0 fully saturated rings. The molecule has 0 saturated carbocycles. The van der Waals surface area contributed by atoms with E-state index in [1.165, 1.54) is 19.2 Å². The van der Waals surface area contributed by atoms with E-state index in [4.69, 9.17) is 4.74 Å². The molecule has 4 heteroatoms. The molecule has 0 radical (unpaired) electrons. The highest BCUT2D eigenvalue weighted by Gasteiger charge is 2.21. The molecule has 2 aromatic rings. The van der Waals surface area contributed by atoms with Crippen LogP contribution >= 0.6 is 0 Å². The zero-order valence-corrected chi connectivity index (χ0v) is 11.7. The van der Waals surface area contributed by atoms with E-state index in [1.807, 2.05) is 30.3 Å². The molecule has 0 bridgehead atoms. The predicted octanol–water partition coefficient (Wildman–Crippen LogP) is 3.71. The summed E-state index contributed by atoms with van der Waals surface area (Å²) >= 11 is 0. The zero-order chi connectivity index (χ0) is 15.2. The Morgan fingerprint density at radius 2 is 1.90 bits per heavy atom. The van der Waals surface area contributed by atoms with E-state index in [-0.39, 0.29) is 11.4 Å². The number of rotatable bonds is 5. The van der Waals surface area contributed by atoms with Gasteiger partial charge in [0.15, 0.2) is 0 Å². The van der Waals surface area contributed by atoms with Gasteiger partial charge in [-0.2, -0.15) is 0 Å². The maximum Gasteiger partial charge on any atom is 0.335 e. The monoisotopic (exact) mass is 285 g/mol. The first kappa shape index (κ1) is 14.8. The van der Waals surface area contributed by atoms with Crippen LogP contribution in [0.15, 0.2) is 66.7 Å². The summed E-state index contributed by atoms with van der Waals surface area (Å²) in [7, 11) is 1.29. The van der Waals surface area contributed by atoms with Crippen molar-refractivity contribution in [2.24, 2.45) is 0 Å². The number of nitrogens with one attached hydrogen (secondary N) is 1. The number of hydrogen-bond acceptors (Lipinski definition) is 3. The molecule has 21 heavy (non-hydrogen) atoms. The number of ether oxygens (including phenoxy) is 1. The quantitative estimate of drug-likeness (QED) is 0.672. The summed E-state index contributed by atoms with van der Waals surface area (Å²) in [6.07, 6.45) is 0. The van der Waals surface area contributed by atoms with E-state index in [1.54, 1.807) is 12.1 Å². The maximum absolute atomic E-state index is 13.4. The molecule has 0 aromatic heterocycles. The van der Waals surface area contributed by atoms with Crippen molar-refractivity contribution in [3.8, 4) is 0 Å². The number of para-hydroxylation sites is 1. The molecule has 2 aromatic carbocycles. The minimum atomic E-state index is -0.560. The van der Waals surface area contributed by atoms with Crippen molar-refractivity contribution in [3.63, 3.8) is 0 Å². The first-order valence-corrected chi connectivity index (χ1v) is 6.46. The second kappa shape index (κ2) is 6.70. The fourth-order valence-electron chi connectivity index (χ4n) is 2.01. The molecule has 0 aliphatic carbocycles. The average Bonchev–Trinajstić information content (AvgIpc) is 2.52. The molecule has 0 heterocycles. The Labute approximate surface area is 123 Å². The Morgan fingerprint density at radius 1 is 1.19 bits per heavy atom. The van der Waals surface area contributed by atoms with Gasteiger partial charge in [0.1, 0.15) is 5.82 Å². The SMILES string of the molecule is C=C(C(=O)OC)[C@H](Nc1ccccc1)c1cccc(F)c1. The largest absolute Gasteiger partial charge is 0.466 e. The van der Waals surface area contributed by atoms with Crippen LogP contribution in [0, 0.1) is 5.82 Å². The van der Waals surface area contributed by atoms with Crippen molar-refractivity contribution in [3.05, 3.63) is 78.1 Å². The van der Waals surface area contributed by atoms with E-state index in [0.29, 0.717) is 5.56 Å². The summed E-state index contributed by atoms with van der Waals surface area (Å²) < 4.78 is 18.1. The van der Waals surface area contributed by atoms with Gasteiger partial charge in [-0.15, -0.1) is 0 Å². The first-order valence-electron chi connectivity index (χ1n) is 6.46. The zero-order valence-electron chi connectivity index (χ0n) is 11.7. The smallest absolute Gasteiger partial charge is 0.335 e. The Balaban J connectivity index is 2.35. The van der Waals surface area contributed by atoms with Gasteiger partial charge in [-0.25, -0.2) is 9.18 Å². The van der Waals surface area contributed by atoms with Crippen LogP contribution in [0.3, 0.4) is 0 Å². The van der Waals surface area contributed by atoms with Gasteiger partial charge >= 0.3 is 5.97 Å². The van der Waals surface area contributed by atoms with Crippen LogP contribution in [0.1, 0.15) is 11.6 Å². The number of methoxy groups -OCH3 is 1. The lowest BCUT2D eigenvalue weighted by atomic mass is 9.99.